The van der Waals surface area contributed by atoms with Crippen molar-refractivity contribution in [2.75, 3.05) is 18.4 Å². The third-order valence-electron chi connectivity index (χ3n) is 4.29. The highest BCUT2D eigenvalue weighted by molar-refractivity contribution is 6.33. The van der Waals surface area contributed by atoms with E-state index < -0.39 is 5.82 Å². The van der Waals surface area contributed by atoms with Crippen LogP contribution in [0.3, 0.4) is 0 Å². The molecule has 0 spiro atoms. The van der Waals surface area contributed by atoms with E-state index in [9.17, 15) is 4.39 Å². The summed E-state index contributed by atoms with van der Waals surface area (Å²) in [6.07, 6.45) is 1.94. The molecule has 2 nitrogen and oxygen atoms in total. The van der Waals surface area contributed by atoms with Crippen LogP contribution in [0.4, 0.5) is 10.1 Å². The molecule has 1 heterocycles. The van der Waals surface area contributed by atoms with E-state index in [2.05, 4.69) is 16.7 Å². The molecule has 0 fully saturated rings. The van der Waals surface area contributed by atoms with Gasteiger partial charge >= 0.3 is 0 Å². The Morgan fingerprint density at radius 2 is 1.87 bits per heavy atom. The van der Waals surface area contributed by atoms with E-state index >= 15 is 0 Å². The molecule has 0 saturated heterocycles. The minimum Gasteiger partial charge on any atom is -0.377 e. The van der Waals surface area contributed by atoms with E-state index in [0.717, 1.165) is 37.2 Å². The van der Waals surface area contributed by atoms with Gasteiger partial charge in [-0.15, -0.1) is 0 Å². The van der Waals surface area contributed by atoms with Gasteiger partial charge in [0.25, 0.3) is 0 Å². The summed E-state index contributed by atoms with van der Waals surface area (Å²) in [5.74, 6) is -0.402. The molecule has 23 heavy (non-hydrogen) atoms. The molecule has 2 aromatic rings. The van der Waals surface area contributed by atoms with Crippen molar-refractivity contribution in [2.45, 2.75) is 25.8 Å². The summed E-state index contributed by atoms with van der Waals surface area (Å²) in [6, 6.07) is 8.83. The summed E-state index contributed by atoms with van der Waals surface area (Å²) >= 11 is 12.3. The van der Waals surface area contributed by atoms with Crippen molar-refractivity contribution in [2.24, 2.45) is 0 Å². The number of fused-ring (bicyclic) bond motifs is 1. The summed E-state index contributed by atoms with van der Waals surface area (Å²) in [5, 5.41) is 7.75. The number of halogens is 3. The number of anilines is 1. The van der Waals surface area contributed by atoms with Crippen LogP contribution in [0, 0.1) is 5.82 Å². The Labute approximate surface area is 146 Å². The second-order valence-corrected chi connectivity index (χ2v) is 6.66. The third kappa shape index (κ3) is 3.63. The molecule has 1 unspecified atom stereocenters. The molecule has 1 atom stereocenters. The molecule has 2 aromatic carbocycles. The summed E-state index contributed by atoms with van der Waals surface area (Å²) < 4.78 is 13.3. The first-order valence-corrected chi connectivity index (χ1v) is 8.54. The Kier molecular flexibility index (Phi) is 5.10. The van der Waals surface area contributed by atoms with Crippen LogP contribution >= 0.6 is 23.2 Å². The fraction of sp³-hybridized carbons (Fsp3) is 0.333. The van der Waals surface area contributed by atoms with Gasteiger partial charge in [-0.05, 0) is 67.7 Å². The van der Waals surface area contributed by atoms with Crippen molar-refractivity contribution in [1.82, 2.24) is 5.32 Å². The monoisotopic (exact) mass is 352 g/mol. The smallest absolute Gasteiger partial charge is 0.141 e. The van der Waals surface area contributed by atoms with Gasteiger partial charge in [0, 0.05) is 6.04 Å². The lowest BCUT2D eigenvalue weighted by Crippen LogP contribution is -2.16. The van der Waals surface area contributed by atoms with Gasteiger partial charge in [-0.1, -0.05) is 35.3 Å². The SMILES string of the molecule is CC(Nc1c(Cl)ccc2c1CCNCC2)c1ccc(F)c(Cl)c1. The first-order chi connectivity index (χ1) is 11.1. The molecule has 1 aliphatic heterocycles. The van der Waals surface area contributed by atoms with Crippen LogP contribution < -0.4 is 10.6 Å². The van der Waals surface area contributed by atoms with E-state index in [1.165, 1.54) is 17.2 Å². The predicted octanol–water partition coefficient (Wildman–Crippen LogP) is 4.99. The number of nitrogens with one attached hydrogen (secondary N) is 2. The minimum absolute atomic E-state index is 0.0201. The predicted molar refractivity (Wildman–Crippen MR) is 95.2 cm³/mol. The summed E-state index contributed by atoms with van der Waals surface area (Å²) in [7, 11) is 0. The topological polar surface area (TPSA) is 24.1 Å². The summed E-state index contributed by atoms with van der Waals surface area (Å²) in [5.41, 5.74) is 4.49. The number of hydrogen-bond acceptors (Lipinski definition) is 2. The fourth-order valence-electron chi connectivity index (χ4n) is 2.98. The molecule has 0 amide bonds. The molecular formula is C18H19Cl2FN2. The van der Waals surface area contributed by atoms with Gasteiger partial charge in [0.2, 0.25) is 0 Å². The van der Waals surface area contributed by atoms with Crippen molar-refractivity contribution in [3.05, 3.63) is 62.9 Å². The first-order valence-electron chi connectivity index (χ1n) is 7.78. The van der Waals surface area contributed by atoms with E-state index in [1.54, 1.807) is 12.1 Å². The van der Waals surface area contributed by atoms with Gasteiger partial charge in [0.1, 0.15) is 5.82 Å². The van der Waals surface area contributed by atoms with Crippen LogP contribution in [0.25, 0.3) is 0 Å². The molecule has 0 aromatic heterocycles. The second-order valence-electron chi connectivity index (χ2n) is 5.85. The zero-order valence-corrected chi connectivity index (χ0v) is 14.4. The van der Waals surface area contributed by atoms with E-state index in [0.29, 0.717) is 5.02 Å². The molecule has 2 N–H and O–H groups in total. The van der Waals surface area contributed by atoms with Gasteiger partial charge in [-0.2, -0.15) is 0 Å². The molecule has 0 radical (unpaired) electrons. The molecule has 0 aliphatic carbocycles. The number of hydrogen-bond donors (Lipinski definition) is 2. The van der Waals surface area contributed by atoms with Crippen LogP contribution in [0.1, 0.15) is 29.7 Å². The fourth-order valence-corrected chi connectivity index (χ4v) is 3.40. The average Bonchev–Trinajstić information content (AvgIpc) is 2.78. The second kappa shape index (κ2) is 7.08. The number of rotatable bonds is 3. The van der Waals surface area contributed by atoms with Crippen LogP contribution in [-0.2, 0) is 12.8 Å². The summed E-state index contributed by atoms with van der Waals surface area (Å²) in [4.78, 5) is 0. The maximum Gasteiger partial charge on any atom is 0.141 e. The van der Waals surface area contributed by atoms with Crippen molar-refractivity contribution < 1.29 is 4.39 Å². The molecule has 1 aliphatic rings. The van der Waals surface area contributed by atoms with Crippen molar-refractivity contribution in [3.8, 4) is 0 Å². The average molecular weight is 353 g/mol. The van der Waals surface area contributed by atoms with Gasteiger partial charge in [-0.25, -0.2) is 4.39 Å². The van der Waals surface area contributed by atoms with Crippen LogP contribution in [0.2, 0.25) is 10.0 Å². The van der Waals surface area contributed by atoms with Gasteiger partial charge in [0.05, 0.1) is 15.7 Å². The highest BCUT2D eigenvalue weighted by atomic mass is 35.5. The highest BCUT2D eigenvalue weighted by Gasteiger charge is 2.17. The molecule has 122 valence electrons. The van der Waals surface area contributed by atoms with Crippen molar-refractivity contribution >= 4 is 28.9 Å². The van der Waals surface area contributed by atoms with Crippen LogP contribution in [-0.4, -0.2) is 13.1 Å². The van der Waals surface area contributed by atoms with E-state index in [4.69, 9.17) is 23.2 Å². The maximum absolute atomic E-state index is 13.3. The Morgan fingerprint density at radius 3 is 2.65 bits per heavy atom. The van der Waals surface area contributed by atoms with Gasteiger partial charge in [0.15, 0.2) is 0 Å². The minimum atomic E-state index is -0.402. The normalized spacial score (nSPS) is 15.7. The van der Waals surface area contributed by atoms with Gasteiger partial charge < -0.3 is 10.6 Å². The van der Waals surface area contributed by atoms with Gasteiger partial charge in [-0.3, -0.25) is 0 Å². The molecule has 3 rings (SSSR count). The Morgan fingerprint density at radius 1 is 1.09 bits per heavy atom. The Bertz CT molecular complexity index is 718. The zero-order valence-electron chi connectivity index (χ0n) is 12.9. The van der Waals surface area contributed by atoms with E-state index in [-0.39, 0.29) is 11.1 Å². The quantitative estimate of drug-likeness (QED) is 0.812. The molecule has 5 heteroatoms. The molecule has 0 bridgehead atoms. The lowest BCUT2D eigenvalue weighted by atomic mass is 9.99. The van der Waals surface area contributed by atoms with Crippen molar-refractivity contribution in [1.29, 1.82) is 0 Å². The standard InChI is InChI=1S/C18H19Cl2FN2/c1-11(13-3-5-17(21)16(20)10-13)23-18-14-7-9-22-8-6-12(14)2-4-15(18)19/h2-5,10-11,22-23H,6-9H2,1H3. The Hall–Kier alpha value is -1.29. The lowest BCUT2D eigenvalue weighted by Gasteiger charge is -2.21. The number of benzene rings is 2. The maximum atomic E-state index is 13.3. The largest absolute Gasteiger partial charge is 0.377 e. The van der Waals surface area contributed by atoms with Crippen LogP contribution in [0.5, 0.6) is 0 Å². The Balaban J connectivity index is 1.91. The molecular weight excluding hydrogens is 334 g/mol. The summed E-state index contributed by atoms with van der Waals surface area (Å²) in [6.45, 7) is 3.95. The van der Waals surface area contributed by atoms with Crippen molar-refractivity contribution in [3.63, 3.8) is 0 Å². The zero-order chi connectivity index (χ0) is 16.4. The van der Waals surface area contributed by atoms with Crippen LogP contribution in [0.15, 0.2) is 30.3 Å². The highest BCUT2D eigenvalue weighted by Crippen LogP contribution is 2.34. The molecule has 0 saturated carbocycles. The van der Waals surface area contributed by atoms with E-state index in [1.807, 2.05) is 13.0 Å². The lowest BCUT2D eigenvalue weighted by molar-refractivity contribution is 0.627. The third-order valence-corrected chi connectivity index (χ3v) is 4.89. The first kappa shape index (κ1) is 16.6.